The van der Waals surface area contributed by atoms with Crippen LogP contribution in [0.2, 0.25) is 0 Å². The first-order valence-corrected chi connectivity index (χ1v) is 8.43. The molecular formula is C18H30N2. The SMILES string of the molecule is CCCCCCCNc1cccc(CN2CCCC2)c1. The van der Waals surface area contributed by atoms with Crippen LogP contribution in [0.4, 0.5) is 5.69 Å². The maximum absolute atomic E-state index is 3.57. The molecule has 1 saturated heterocycles. The molecule has 1 aliphatic rings. The monoisotopic (exact) mass is 274 g/mol. The lowest BCUT2D eigenvalue weighted by Gasteiger charge is -2.15. The maximum Gasteiger partial charge on any atom is 0.0343 e. The number of benzene rings is 1. The van der Waals surface area contributed by atoms with Crippen molar-refractivity contribution >= 4 is 5.69 Å². The Morgan fingerprint density at radius 2 is 1.85 bits per heavy atom. The third-order valence-corrected chi connectivity index (χ3v) is 4.14. The number of nitrogens with zero attached hydrogens (tertiary/aromatic N) is 1. The fourth-order valence-corrected chi connectivity index (χ4v) is 2.94. The first-order chi connectivity index (χ1) is 9.88. The van der Waals surface area contributed by atoms with E-state index in [1.807, 2.05) is 0 Å². The Hall–Kier alpha value is -1.02. The van der Waals surface area contributed by atoms with Gasteiger partial charge in [-0.25, -0.2) is 0 Å². The number of hydrogen-bond donors (Lipinski definition) is 1. The highest BCUT2D eigenvalue weighted by Gasteiger charge is 2.11. The molecule has 0 atom stereocenters. The molecule has 1 aromatic rings. The Morgan fingerprint density at radius 1 is 1.05 bits per heavy atom. The van der Waals surface area contributed by atoms with Crippen molar-refractivity contribution in [3.8, 4) is 0 Å². The molecule has 2 heteroatoms. The third-order valence-electron chi connectivity index (χ3n) is 4.14. The first kappa shape index (κ1) is 15.4. The summed E-state index contributed by atoms with van der Waals surface area (Å²) in [5.74, 6) is 0. The van der Waals surface area contributed by atoms with Gasteiger partial charge in [0.1, 0.15) is 0 Å². The van der Waals surface area contributed by atoms with Gasteiger partial charge in [-0.05, 0) is 50.0 Å². The lowest BCUT2D eigenvalue weighted by Crippen LogP contribution is -2.18. The highest BCUT2D eigenvalue weighted by Crippen LogP contribution is 2.16. The van der Waals surface area contributed by atoms with Crippen molar-refractivity contribution < 1.29 is 0 Å². The quantitative estimate of drug-likeness (QED) is 0.659. The molecule has 0 amide bonds. The van der Waals surface area contributed by atoms with Crippen LogP contribution in [-0.4, -0.2) is 24.5 Å². The summed E-state index contributed by atoms with van der Waals surface area (Å²) in [7, 11) is 0. The van der Waals surface area contributed by atoms with Crippen LogP contribution in [0.1, 0.15) is 57.4 Å². The van der Waals surface area contributed by atoms with Gasteiger partial charge in [0.05, 0.1) is 0 Å². The van der Waals surface area contributed by atoms with Crippen LogP contribution in [0.25, 0.3) is 0 Å². The number of likely N-dealkylation sites (tertiary alicyclic amines) is 1. The Morgan fingerprint density at radius 3 is 2.65 bits per heavy atom. The van der Waals surface area contributed by atoms with Gasteiger partial charge in [-0.2, -0.15) is 0 Å². The van der Waals surface area contributed by atoms with E-state index in [1.54, 1.807) is 0 Å². The Balaban J connectivity index is 1.69. The maximum atomic E-state index is 3.57. The average Bonchev–Trinajstić information content (AvgIpc) is 2.96. The van der Waals surface area contributed by atoms with Gasteiger partial charge in [0.25, 0.3) is 0 Å². The van der Waals surface area contributed by atoms with Crippen molar-refractivity contribution in [1.29, 1.82) is 0 Å². The van der Waals surface area contributed by atoms with Crippen LogP contribution in [0.15, 0.2) is 24.3 Å². The van der Waals surface area contributed by atoms with E-state index in [0.29, 0.717) is 0 Å². The van der Waals surface area contributed by atoms with Crippen LogP contribution in [0.5, 0.6) is 0 Å². The van der Waals surface area contributed by atoms with Crippen LogP contribution in [-0.2, 0) is 6.54 Å². The van der Waals surface area contributed by atoms with Crippen molar-refractivity contribution in [3.05, 3.63) is 29.8 Å². The number of rotatable bonds is 9. The Bertz CT molecular complexity index is 369. The summed E-state index contributed by atoms with van der Waals surface area (Å²) in [5, 5.41) is 3.57. The van der Waals surface area contributed by atoms with Gasteiger partial charge in [0.15, 0.2) is 0 Å². The van der Waals surface area contributed by atoms with E-state index in [-0.39, 0.29) is 0 Å². The van der Waals surface area contributed by atoms with Gasteiger partial charge >= 0.3 is 0 Å². The zero-order chi connectivity index (χ0) is 14.0. The van der Waals surface area contributed by atoms with Crippen molar-refractivity contribution in [3.63, 3.8) is 0 Å². The second-order valence-electron chi connectivity index (χ2n) is 6.02. The molecular weight excluding hydrogens is 244 g/mol. The van der Waals surface area contributed by atoms with Gasteiger partial charge in [-0.3, -0.25) is 4.90 Å². The summed E-state index contributed by atoms with van der Waals surface area (Å²) in [6.07, 6.45) is 9.47. The van der Waals surface area contributed by atoms with Gasteiger partial charge < -0.3 is 5.32 Å². The lowest BCUT2D eigenvalue weighted by molar-refractivity contribution is 0.331. The summed E-state index contributed by atoms with van der Waals surface area (Å²) in [6.45, 7) is 7.04. The van der Waals surface area contributed by atoms with Crippen molar-refractivity contribution in [1.82, 2.24) is 4.90 Å². The zero-order valence-corrected chi connectivity index (χ0v) is 13.0. The Kier molecular flexibility index (Phi) is 6.93. The summed E-state index contributed by atoms with van der Waals surface area (Å²) in [5.41, 5.74) is 2.74. The van der Waals surface area contributed by atoms with E-state index < -0.39 is 0 Å². The first-order valence-electron chi connectivity index (χ1n) is 8.43. The number of anilines is 1. The molecule has 112 valence electrons. The summed E-state index contributed by atoms with van der Waals surface area (Å²) in [4.78, 5) is 2.56. The average molecular weight is 274 g/mol. The fourth-order valence-electron chi connectivity index (χ4n) is 2.94. The van der Waals surface area contributed by atoms with Gasteiger partial charge in [0.2, 0.25) is 0 Å². The summed E-state index contributed by atoms with van der Waals surface area (Å²) >= 11 is 0. The second kappa shape index (κ2) is 9.02. The molecule has 1 fully saturated rings. The number of unbranched alkanes of at least 4 members (excludes halogenated alkanes) is 4. The minimum Gasteiger partial charge on any atom is -0.385 e. The second-order valence-corrected chi connectivity index (χ2v) is 6.02. The summed E-state index contributed by atoms with van der Waals surface area (Å²) in [6, 6.07) is 8.96. The molecule has 0 unspecified atom stereocenters. The predicted molar refractivity (Wildman–Crippen MR) is 88.2 cm³/mol. The zero-order valence-electron chi connectivity index (χ0n) is 13.0. The van der Waals surface area contributed by atoms with Gasteiger partial charge in [-0.1, -0.05) is 44.7 Å². The van der Waals surface area contributed by atoms with Crippen molar-refractivity contribution in [2.75, 3.05) is 25.0 Å². The third kappa shape index (κ3) is 5.54. The van der Waals surface area contributed by atoms with Crippen molar-refractivity contribution in [2.45, 2.75) is 58.4 Å². The van der Waals surface area contributed by atoms with Crippen LogP contribution in [0.3, 0.4) is 0 Å². The van der Waals surface area contributed by atoms with Crippen LogP contribution < -0.4 is 5.32 Å². The molecule has 0 aromatic heterocycles. The largest absolute Gasteiger partial charge is 0.385 e. The van der Waals surface area contributed by atoms with Gasteiger partial charge in [-0.15, -0.1) is 0 Å². The predicted octanol–water partition coefficient (Wildman–Crippen LogP) is 4.66. The molecule has 0 saturated carbocycles. The van der Waals surface area contributed by atoms with Crippen LogP contribution >= 0.6 is 0 Å². The van der Waals surface area contributed by atoms with Crippen molar-refractivity contribution in [2.24, 2.45) is 0 Å². The minimum absolute atomic E-state index is 1.11. The molecule has 0 aliphatic carbocycles. The van der Waals surface area contributed by atoms with Crippen LogP contribution in [0, 0.1) is 0 Å². The smallest absolute Gasteiger partial charge is 0.0343 e. The highest BCUT2D eigenvalue weighted by molar-refractivity contribution is 5.45. The molecule has 2 nitrogen and oxygen atoms in total. The Labute approximate surface area is 124 Å². The van der Waals surface area contributed by atoms with E-state index in [4.69, 9.17) is 0 Å². The molecule has 0 spiro atoms. The summed E-state index contributed by atoms with van der Waals surface area (Å²) < 4.78 is 0. The molecule has 1 heterocycles. The molecule has 1 aromatic carbocycles. The molecule has 1 aliphatic heterocycles. The molecule has 1 N–H and O–H groups in total. The van der Waals surface area contributed by atoms with E-state index in [9.17, 15) is 0 Å². The lowest BCUT2D eigenvalue weighted by atomic mass is 10.1. The van der Waals surface area contributed by atoms with Gasteiger partial charge in [0, 0.05) is 18.8 Å². The number of hydrogen-bond acceptors (Lipinski definition) is 2. The molecule has 20 heavy (non-hydrogen) atoms. The van der Waals surface area contributed by atoms with E-state index >= 15 is 0 Å². The highest BCUT2D eigenvalue weighted by atomic mass is 15.1. The standard InChI is InChI=1S/C18H30N2/c1-2-3-4-5-6-12-19-18-11-9-10-17(15-18)16-20-13-7-8-14-20/h9-11,15,19H,2-8,12-14,16H2,1H3. The van der Waals surface area contributed by atoms with E-state index in [0.717, 1.165) is 13.1 Å². The van der Waals surface area contributed by atoms with E-state index in [1.165, 1.54) is 69.3 Å². The fraction of sp³-hybridized carbons (Fsp3) is 0.667. The normalized spacial score (nSPS) is 15.7. The molecule has 2 rings (SSSR count). The van der Waals surface area contributed by atoms with E-state index in [2.05, 4.69) is 41.4 Å². The molecule has 0 radical (unpaired) electrons. The topological polar surface area (TPSA) is 15.3 Å². The number of nitrogens with one attached hydrogen (secondary N) is 1. The molecule has 0 bridgehead atoms. The minimum atomic E-state index is 1.11.